The highest BCUT2D eigenvalue weighted by molar-refractivity contribution is 5.29. The summed E-state index contributed by atoms with van der Waals surface area (Å²) in [5.74, 6) is 0.00792. The summed E-state index contributed by atoms with van der Waals surface area (Å²) in [5.41, 5.74) is 0.988. The van der Waals surface area contributed by atoms with E-state index in [9.17, 15) is 4.39 Å². The van der Waals surface area contributed by atoms with Crippen molar-refractivity contribution in [3.05, 3.63) is 29.6 Å². The first-order valence-electron chi connectivity index (χ1n) is 5.23. The molecule has 1 atom stereocenters. The minimum atomic E-state index is -0.293. The van der Waals surface area contributed by atoms with Crippen molar-refractivity contribution in [1.82, 2.24) is 5.32 Å². The van der Waals surface area contributed by atoms with Crippen LogP contribution in [0.4, 0.5) is 4.39 Å². The number of likely N-dealkylation sites (N-methyl/N-ethyl adjacent to an activating group) is 1. The highest BCUT2D eigenvalue weighted by Crippen LogP contribution is 2.18. The van der Waals surface area contributed by atoms with Crippen LogP contribution in [0.5, 0.6) is 5.75 Å². The lowest BCUT2D eigenvalue weighted by Gasteiger charge is -2.12. The van der Waals surface area contributed by atoms with Gasteiger partial charge < -0.3 is 10.1 Å². The molecular formula is C12H18FNO. The van der Waals surface area contributed by atoms with Gasteiger partial charge in [0.1, 0.15) is 0 Å². The first-order chi connectivity index (χ1) is 7.17. The average molecular weight is 211 g/mol. The van der Waals surface area contributed by atoms with Crippen molar-refractivity contribution in [2.45, 2.75) is 26.3 Å². The SMILES string of the molecule is CCNC(C)Cc1ccc(OC)c(F)c1. The second kappa shape index (κ2) is 5.71. The molecule has 2 nitrogen and oxygen atoms in total. The Kier molecular flexibility index (Phi) is 4.56. The second-order valence-corrected chi connectivity index (χ2v) is 3.63. The monoisotopic (exact) mass is 211 g/mol. The van der Waals surface area contributed by atoms with Crippen LogP contribution >= 0.6 is 0 Å². The van der Waals surface area contributed by atoms with E-state index in [2.05, 4.69) is 19.2 Å². The van der Waals surface area contributed by atoms with Gasteiger partial charge in [-0.1, -0.05) is 13.0 Å². The highest BCUT2D eigenvalue weighted by Gasteiger charge is 2.06. The molecule has 0 aromatic heterocycles. The molecule has 0 aliphatic rings. The highest BCUT2D eigenvalue weighted by atomic mass is 19.1. The van der Waals surface area contributed by atoms with Gasteiger partial charge in [0.05, 0.1) is 7.11 Å². The summed E-state index contributed by atoms with van der Waals surface area (Å²) in [5, 5.41) is 3.29. The zero-order chi connectivity index (χ0) is 11.3. The van der Waals surface area contributed by atoms with Gasteiger partial charge in [0.25, 0.3) is 0 Å². The molecule has 0 spiro atoms. The van der Waals surface area contributed by atoms with Crippen molar-refractivity contribution < 1.29 is 9.13 Å². The molecule has 0 saturated carbocycles. The summed E-state index contributed by atoms with van der Waals surface area (Å²) in [4.78, 5) is 0. The van der Waals surface area contributed by atoms with E-state index in [0.29, 0.717) is 11.8 Å². The summed E-state index contributed by atoms with van der Waals surface area (Å²) in [6.45, 7) is 5.08. The standard InChI is InChI=1S/C12H18FNO/c1-4-14-9(2)7-10-5-6-12(15-3)11(13)8-10/h5-6,8-9,14H,4,7H2,1-3H3. The molecule has 84 valence electrons. The van der Waals surface area contributed by atoms with Crippen LogP contribution in [0.25, 0.3) is 0 Å². The van der Waals surface area contributed by atoms with E-state index in [1.165, 1.54) is 13.2 Å². The molecule has 1 N–H and O–H groups in total. The van der Waals surface area contributed by atoms with Crippen LogP contribution in [0.15, 0.2) is 18.2 Å². The molecule has 1 rings (SSSR count). The zero-order valence-electron chi connectivity index (χ0n) is 9.51. The Balaban J connectivity index is 2.66. The van der Waals surface area contributed by atoms with Gasteiger partial charge in [0.15, 0.2) is 11.6 Å². The second-order valence-electron chi connectivity index (χ2n) is 3.63. The Morgan fingerprint density at radius 2 is 2.20 bits per heavy atom. The Hall–Kier alpha value is -1.09. The van der Waals surface area contributed by atoms with Crippen molar-refractivity contribution in [2.24, 2.45) is 0 Å². The number of methoxy groups -OCH3 is 1. The van der Waals surface area contributed by atoms with Crippen LogP contribution in [-0.4, -0.2) is 19.7 Å². The fourth-order valence-corrected chi connectivity index (χ4v) is 1.61. The topological polar surface area (TPSA) is 21.3 Å². The van der Waals surface area contributed by atoms with E-state index in [4.69, 9.17) is 4.74 Å². The van der Waals surface area contributed by atoms with Crippen LogP contribution in [-0.2, 0) is 6.42 Å². The van der Waals surface area contributed by atoms with E-state index in [-0.39, 0.29) is 5.82 Å². The number of hydrogen-bond donors (Lipinski definition) is 1. The van der Waals surface area contributed by atoms with E-state index in [0.717, 1.165) is 18.5 Å². The lowest BCUT2D eigenvalue weighted by molar-refractivity contribution is 0.386. The lowest BCUT2D eigenvalue weighted by atomic mass is 10.1. The molecule has 3 heteroatoms. The normalized spacial score (nSPS) is 12.5. The summed E-state index contributed by atoms with van der Waals surface area (Å²) in [6, 6.07) is 5.47. The molecule has 0 amide bonds. The first-order valence-corrected chi connectivity index (χ1v) is 5.23. The third-order valence-corrected chi connectivity index (χ3v) is 2.31. The lowest BCUT2D eigenvalue weighted by Crippen LogP contribution is -2.27. The van der Waals surface area contributed by atoms with Crippen LogP contribution in [0.3, 0.4) is 0 Å². The summed E-state index contributed by atoms with van der Waals surface area (Å²) < 4.78 is 18.2. The molecule has 1 aromatic carbocycles. The van der Waals surface area contributed by atoms with Crippen molar-refractivity contribution in [3.63, 3.8) is 0 Å². The predicted molar refractivity (Wildman–Crippen MR) is 59.8 cm³/mol. The third kappa shape index (κ3) is 3.51. The molecule has 0 saturated heterocycles. The van der Waals surface area contributed by atoms with Crippen molar-refractivity contribution in [3.8, 4) is 5.75 Å². The van der Waals surface area contributed by atoms with Gasteiger partial charge in [0.2, 0.25) is 0 Å². The van der Waals surface area contributed by atoms with Crippen LogP contribution in [0.2, 0.25) is 0 Å². The third-order valence-electron chi connectivity index (χ3n) is 2.31. The Morgan fingerprint density at radius 1 is 1.47 bits per heavy atom. The van der Waals surface area contributed by atoms with Gasteiger partial charge in [-0.15, -0.1) is 0 Å². The van der Waals surface area contributed by atoms with Gasteiger partial charge in [-0.05, 0) is 37.6 Å². The van der Waals surface area contributed by atoms with E-state index < -0.39 is 0 Å². The van der Waals surface area contributed by atoms with E-state index >= 15 is 0 Å². The maximum Gasteiger partial charge on any atom is 0.165 e. The quantitative estimate of drug-likeness (QED) is 0.807. The van der Waals surface area contributed by atoms with Crippen molar-refractivity contribution in [2.75, 3.05) is 13.7 Å². The molecule has 15 heavy (non-hydrogen) atoms. The number of halogens is 1. The van der Waals surface area contributed by atoms with Gasteiger partial charge >= 0.3 is 0 Å². The first kappa shape index (κ1) is 12.0. The number of benzene rings is 1. The van der Waals surface area contributed by atoms with Crippen molar-refractivity contribution in [1.29, 1.82) is 0 Å². The number of nitrogens with one attached hydrogen (secondary N) is 1. The molecular weight excluding hydrogens is 193 g/mol. The van der Waals surface area contributed by atoms with E-state index in [1.54, 1.807) is 6.07 Å². The maximum atomic E-state index is 13.3. The summed E-state index contributed by atoms with van der Waals surface area (Å²) in [7, 11) is 1.47. The number of hydrogen-bond acceptors (Lipinski definition) is 2. The molecule has 0 bridgehead atoms. The summed E-state index contributed by atoms with van der Waals surface area (Å²) in [6.07, 6.45) is 0.828. The minimum absolute atomic E-state index is 0.293. The van der Waals surface area contributed by atoms with Gasteiger partial charge in [-0.25, -0.2) is 4.39 Å². The summed E-state index contributed by atoms with van der Waals surface area (Å²) >= 11 is 0. The van der Waals surface area contributed by atoms with Crippen LogP contribution in [0.1, 0.15) is 19.4 Å². The molecule has 1 aromatic rings. The number of ether oxygens (including phenoxy) is 1. The molecule has 0 aliphatic heterocycles. The van der Waals surface area contributed by atoms with Gasteiger partial charge in [-0.2, -0.15) is 0 Å². The van der Waals surface area contributed by atoms with Crippen LogP contribution < -0.4 is 10.1 Å². The molecule has 0 heterocycles. The van der Waals surface area contributed by atoms with Crippen molar-refractivity contribution >= 4 is 0 Å². The molecule has 0 fully saturated rings. The fraction of sp³-hybridized carbons (Fsp3) is 0.500. The Bertz CT molecular complexity index is 314. The zero-order valence-corrected chi connectivity index (χ0v) is 9.51. The smallest absolute Gasteiger partial charge is 0.165 e. The fourth-order valence-electron chi connectivity index (χ4n) is 1.61. The predicted octanol–water partition coefficient (Wildman–Crippen LogP) is 2.37. The molecule has 0 radical (unpaired) electrons. The van der Waals surface area contributed by atoms with Gasteiger partial charge in [-0.3, -0.25) is 0 Å². The minimum Gasteiger partial charge on any atom is -0.494 e. The van der Waals surface area contributed by atoms with E-state index in [1.807, 2.05) is 6.07 Å². The largest absolute Gasteiger partial charge is 0.494 e. The average Bonchev–Trinajstić information content (AvgIpc) is 2.18. The Morgan fingerprint density at radius 3 is 2.73 bits per heavy atom. The Labute approximate surface area is 90.4 Å². The molecule has 0 aliphatic carbocycles. The van der Waals surface area contributed by atoms with Gasteiger partial charge in [0, 0.05) is 6.04 Å². The number of rotatable bonds is 5. The van der Waals surface area contributed by atoms with Crippen LogP contribution in [0, 0.1) is 5.82 Å². The maximum absolute atomic E-state index is 13.3. The molecule has 1 unspecified atom stereocenters.